The van der Waals surface area contributed by atoms with Crippen molar-refractivity contribution >= 4 is 15.9 Å². The molecule has 0 aliphatic carbocycles. The summed E-state index contributed by atoms with van der Waals surface area (Å²) in [6.07, 6.45) is 0. The fourth-order valence-corrected chi connectivity index (χ4v) is 3.24. The largest absolute Gasteiger partial charge is 0.492 e. The van der Waals surface area contributed by atoms with Crippen molar-refractivity contribution in [2.24, 2.45) is 0 Å². The van der Waals surface area contributed by atoms with Crippen LogP contribution in [0.15, 0.2) is 36.4 Å². The van der Waals surface area contributed by atoms with Crippen molar-refractivity contribution in [2.75, 3.05) is 6.61 Å². The van der Waals surface area contributed by atoms with Gasteiger partial charge >= 0.3 is 0 Å². The van der Waals surface area contributed by atoms with Gasteiger partial charge in [-0.2, -0.15) is 0 Å². The van der Waals surface area contributed by atoms with Crippen molar-refractivity contribution in [3.8, 4) is 5.75 Å². The highest BCUT2D eigenvalue weighted by molar-refractivity contribution is 9.09. The molecule has 1 aliphatic heterocycles. The highest BCUT2D eigenvalue weighted by Crippen LogP contribution is 2.42. The van der Waals surface area contributed by atoms with Gasteiger partial charge in [-0.15, -0.1) is 0 Å². The molecule has 110 valence electrons. The van der Waals surface area contributed by atoms with Gasteiger partial charge in [0.25, 0.3) is 0 Å². The van der Waals surface area contributed by atoms with Gasteiger partial charge in [-0.3, -0.25) is 0 Å². The first-order chi connectivity index (χ1) is 9.88. The Morgan fingerprint density at radius 3 is 2.62 bits per heavy atom. The molecule has 1 aliphatic rings. The number of fused-ring (bicyclic) bond motifs is 1. The lowest BCUT2D eigenvalue weighted by molar-refractivity contribution is 0.291. The van der Waals surface area contributed by atoms with Crippen LogP contribution < -0.4 is 4.74 Å². The van der Waals surface area contributed by atoms with Gasteiger partial charge in [0.15, 0.2) is 0 Å². The Morgan fingerprint density at radius 1 is 1.14 bits per heavy atom. The normalized spacial score (nSPS) is 17.2. The minimum atomic E-state index is -0.570. The number of rotatable bonds is 2. The maximum atomic E-state index is 13.9. The second kappa shape index (κ2) is 5.09. The predicted molar refractivity (Wildman–Crippen MR) is 82.1 cm³/mol. The maximum Gasteiger partial charge on any atom is 0.130 e. The summed E-state index contributed by atoms with van der Waals surface area (Å²) in [6.45, 7) is 4.87. The fraction of sp³-hybridized carbons (Fsp3) is 0.294. The molecule has 1 unspecified atom stereocenters. The van der Waals surface area contributed by atoms with E-state index in [1.54, 1.807) is 0 Å². The van der Waals surface area contributed by atoms with E-state index in [1.165, 1.54) is 12.1 Å². The summed E-state index contributed by atoms with van der Waals surface area (Å²) in [5.74, 6) is -0.240. The molecule has 0 spiro atoms. The van der Waals surface area contributed by atoms with Crippen LogP contribution in [0.25, 0.3) is 0 Å². The van der Waals surface area contributed by atoms with Gasteiger partial charge in [-0.25, -0.2) is 8.78 Å². The third-order valence-electron chi connectivity index (χ3n) is 3.85. The Balaban J connectivity index is 2.01. The number of hydrogen-bond acceptors (Lipinski definition) is 1. The van der Waals surface area contributed by atoms with Gasteiger partial charge in [-0.1, -0.05) is 41.9 Å². The lowest BCUT2D eigenvalue weighted by Crippen LogP contribution is -2.18. The van der Waals surface area contributed by atoms with E-state index in [2.05, 4.69) is 29.8 Å². The number of ether oxygens (including phenoxy) is 1. The van der Waals surface area contributed by atoms with Crippen molar-refractivity contribution in [2.45, 2.75) is 24.1 Å². The summed E-state index contributed by atoms with van der Waals surface area (Å²) in [5, 5.41) is 0. The first-order valence-electron chi connectivity index (χ1n) is 6.75. The Morgan fingerprint density at radius 2 is 1.90 bits per heavy atom. The van der Waals surface area contributed by atoms with Crippen molar-refractivity contribution in [3.05, 3.63) is 64.7 Å². The zero-order valence-electron chi connectivity index (χ0n) is 11.8. The van der Waals surface area contributed by atoms with Crippen molar-refractivity contribution < 1.29 is 13.5 Å². The molecule has 4 heteroatoms. The molecule has 0 saturated carbocycles. The van der Waals surface area contributed by atoms with Crippen LogP contribution in [-0.2, 0) is 5.41 Å². The molecule has 0 fully saturated rings. The molecule has 2 aromatic carbocycles. The van der Waals surface area contributed by atoms with Gasteiger partial charge < -0.3 is 4.74 Å². The average molecular weight is 353 g/mol. The zero-order valence-corrected chi connectivity index (χ0v) is 13.4. The first-order valence-corrected chi connectivity index (χ1v) is 7.66. The maximum absolute atomic E-state index is 13.9. The molecule has 2 aromatic rings. The zero-order chi connectivity index (χ0) is 15.2. The minimum absolute atomic E-state index is 0.0561. The van der Waals surface area contributed by atoms with Crippen molar-refractivity contribution in [1.29, 1.82) is 0 Å². The average Bonchev–Trinajstić information content (AvgIpc) is 2.74. The molecule has 0 aromatic heterocycles. The highest BCUT2D eigenvalue weighted by atomic mass is 79.9. The third kappa shape index (κ3) is 2.57. The number of hydrogen-bond donors (Lipinski definition) is 0. The second-order valence-electron chi connectivity index (χ2n) is 5.96. The SMILES string of the molecule is CC1(C)COc2ccc(C(Br)c3ccc(F)cc3F)cc21. The van der Waals surface area contributed by atoms with E-state index in [0.717, 1.165) is 22.9 Å². The van der Waals surface area contributed by atoms with Crippen LogP contribution in [0.5, 0.6) is 5.75 Å². The Hall–Kier alpha value is -1.42. The van der Waals surface area contributed by atoms with Gasteiger partial charge in [0.1, 0.15) is 17.4 Å². The van der Waals surface area contributed by atoms with Crippen LogP contribution in [-0.4, -0.2) is 6.61 Å². The molecule has 3 rings (SSSR count). The topological polar surface area (TPSA) is 9.23 Å². The first kappa shape index (κ1) is 14.5. The lowest BCUT2D eigenvalue weighted by atomic mass is 9.85. The molecular weight excluding hydrogens is 338 g/mol. The van der Waals surface area contributed by atoms with Crippen LogP contribution >= 0.6 is 15.9 Å². The Bertz CT molecular complexity index is 697. The van der Waals surface area contributed by atoms with Crippen LogP contribution in [0.3, 0.4) is 0 Å². The molecule has 0 saturated heterocycles. The predicted octanol–water partition coefficient (Wildman–Crippen LogP) is 5.12. The van der Waals surface area contributed by atoms with E-state index >= 15 is 0 Å². The molecule has 0 N–H and O–H groups in total. The van der Waals surface area contributed by atoms with Crippen molar-refractivity contribution in [1.82, 2.24) is 0 Å². The molecule has 0 amide bonds. The summed E-state index contributed by atoms with van der Waals surface area (Å²) in [7, 11) is 0. The number of benzene rings is 2. The highest BCUT2D eigenvalue weighted by Gasteiger charge is 2.32. The second-order valence-corrected chi connectivity index (χ2v) is 6.87. The van der Waals surface area contributed by atoms with E-state index < -0.39 is 11.6 Å². The molecule has 21 heavy (non-hydrogen) atoms. The van der Waals surface area contributed by atoms with E-state index in [-0.39, 0.29) is 10.2 Å². The Kier molecular flexibility index (Phi) is 3.52. The summed E-state index contributed by atoms with van der Waals surface area (Å²) in [6, 6.07) is 9.50. The van der Waals surface area contributed by atoms with E-state index in [4.69, 9.17) is 4.74 Å². The molecule has 0 bridgehead atoms. The molecular formula is C17H15BrF2O. The lowest BCUT2D eigenvalue weighted by Gasteiger charge is -2.18. The third-order valence-corrected chi connectivity index (χ3v) is 4.87. The Labute approximate surface area is 131 Å². The summed E-state index contributed by atoms with van der Waals surface area (Å²) in [4.78, 5) is -0.320. The number of halogens is 3. The van der Waals surface area contributed by atoms with Crippen molar-refractivity contribution in [3.63, 3.8) is 0 Å². The van der Waals surface area contributed by atoms with E-state index in [0.29, 0.717) is 12.2 Å². The quantitative estimate of drug-likeness (QED) is 0.681. The van der Waals surface area contributed by atoms with Crippen LogP contribution in [0.4, 0.5) is 8.78 Å². The van der Waals surface area contributed by atoms with Gasteiger partial charge in [0.05, 0.1) is 11.4 Å². The monoisotopic (exact) mass is 352 g/mol. The van der Waals surface area contributed by atoms with Gasteiger partial charge in [0.2, 0.25) is 0 Å². The number of alkyl halides is 1. The molecule has 1 nitrogen and oxygen atoms in total. The molecule has 1 heterocycles. The van der Waals surface area contributed by atoms with Gasteiger partial charge in [-0.05, 0) is 23.8 Å². The van der Waals surface area contributed by atoms with Gasteiger partial charge in [0, 0.05) is 22.6 Å². The van der Waals surface area contributed by atoms with E-state index in [1.807, 2.05) is 18.2 Å². The van der Waals surface area contributed by atoms with Crippen LogP contribution in [0.2, 0.25) is 0 Å². The molecule has 1 atom stereocenters. The van der Waals surface area contributed by atoms with E-state index in [9.17, 15) is 8.78 Å². The molecule has 0 radical (unpaired) electrons. The fourth-order valence-electron chi connectivity index (χ4n) is 2.58. The summed E-state index contributed by atoms with van der Waals surface area (Å²) >= 11 is 3.51. The summed E-state index contributed by atoms with van der Waals surface area (Å²) in [5.41, 5.74) is 2.41. The standard InChI is InChI=1S/C17H15BrF2O/c1-17(2)9-21-15-6-3-10(7-13(15)17)16(18)12-5-4-11(19)8-14(12)20/h3-8,16H,9H2,1-2H3. The summed E-state index contributed by atoms with van der Waals surface area (Å²) < 4.78 is 32.6. The van der Waals surface area contributed by atoms with Crippen LogP contribution in [0, 0.1) is 11.6 Å². The minimum Gasteiger partial charge on any atom is -0.492 e. The smallest absolute Gasteiger partial charge is 0.130 e. The van der Waals surface area contributed by atoms with Crippen LogP contribution in [0.1, 0.15) is 35.4 Å².